The molecule has 0 radical (unpaired) electrons. The van der Waals surface area contributed by atoms with Gasteiger partial charge in [0, 0.05) is 11.4 Å². The van der Waals surface area contributed by atoms with Crippen LogP contribution in [-0.2, 0) is 6.42 Å². The van der Waals surface area contributed by atoms with Crippen LogP contribution in [0, 0.1) is 0 Å². The SMILES string of the molecule is Clc1cccc(Cc2nnc3cccc(Cl)n23)c1. The summed E-state index contributed by atoms with van der Waals surface area (Å²) in [6.07, 6.45) is 0.644. The zero-order valence-corrected chi connectivity index (χ0v) is 10.9. The third-order valence-electron chi connectivity index (χ3n) is 2.70. The molecule has 3 rings (SSSR count). The molecule has 2 aromatic heterocycles. The highest BCUT2D eigenvalue weighted by atomic mass is 35.5. The maximum absolute atomic E-state index is 6.16. The van der Waals surface area contributed by atoms with E-state index in [2.05, 4.69) is 10.2 Å². The molecule has 3 nitrogen and oxygen atoms in total. The van der Waals surface area contributed by atoms with E-state index in [0.29, 0.717) is 16.6 Å². The fourth-order valence-electron chi connectivity index (χ4n) is 1.90. The van der Waals surface area contributed by atoms with Gasteiger partial charge in [0.2, 0.25) is 0 Å². The second kappa shape index (κ2) is 4.59. The molecule has 0 bridgehead atoms. The van der Waals surface area contributed by atoms with Crippen molar-refractivity contribution in [1.29, 1.82) is 0 Å². The van der Waals surface area contributed by atoms with E-state index in [1.807, 2.05) is 46.9 Å². The summed E-state index contributed by atoms with van der Waals surface area (Å²) in [6, 6.07) is 13.2. The van der Waals surface area contributed by atoms with E-state index >= 15 is 0 Å². The molecule has 0 aliphatic carbocycles. The molecule has 0 aliphatic rings. The minimum absolute atomic E-state index is 0.606. The Morgan fingerprint density at radius 2 is 1.83 bits per heavy atom. The first-order valence-electron chi connectivity index (χ1n) is 5.47. The average molecular weight is 278 g/mol. The van der Waals surface area contributed by atoms with Gasteiger partial charge in [-0.15, -0.1) is 10.2 Å². The first-order valence-corrected chi connectivity index (χ1v) is 6.22. The number of aromatic nitrogens is 3. The van der Waals surface area contributed by atoms with E-state index in [4.69, 9.17) is 23.2 Å². The van der Waals surface area contributed by atoms with E-state index in [-0.39, 0.29) is 0 Å². The summed E-state index contributed by atoms with van der Waals surface area (Å²) in [6.45, 7) is 0. The van der Waals surface area contributed by atoms with Gasteiger partial charge in [-0.2, -0.15) is 0 Å². The van der Waals surface area contributed by atoms with Crippen molar-refractivity contribution < 1.29 is 0 Å². The first-order chi connectivity index (χ1) is 8.74. The lowest BCUT2D eigenvalue weighted by atomic mass is 10.1. The van der Waals surface area contributed by atoms with Crippen molar-refractivity contribution in [2.24, 2.45) is 0 Å². The number of hydrogen-bond acceptors (Lipinski definition) is 2. The number of hydrogen-bond donors (Lipinski definition) is 0. The van der Waals surface area contributed by atoms with Gasteiger partial charge in [-0.1, -0.05) is 41.4 Å². The summed E-state index contributed by atoms with van der Waals surface area (Å²) in [5, 5.41) is 9.58. The van der Waals surface area contributed by atoms with E-state index in [1.54, 1.807) is 0 Å². The minimum atomic E-state index is 0.606. The standard InChI is InChI=1S/C13H9Cl2N3/c14-10-4-1-3-9(7-10)8-13-17-16-12-6-2-5-11(15)18(12)13/h1-7H,8H2. The normalized spacial score (nSPS) is 11.0. The predicted octanol–water partition coefficient (Wildman–Crippen LogP) is 3.63. The molecule has 0 spiro atoms. The second-order valence-corrected chi connectivity index (χ2v) is 4.79. The predicted molar refractivity (Wildman–Crippen MR) is 72.3 cm³/mol. The van der Waals surface area contributed by atoms with Crippen molar-refractivity contribution in [3.05, 3.63) is 64.0 Å². The Hall–Kier alpha value is -1.58. The topological polar surface area (TPSA) is 30.2 Å². The molecule has 0 unspecified atom stereocenters. The number of pyridine rings is 1. The summed E-state index contributed by atoms with van der Waals surface area (Å²) in [4.78, 5) is 0. The van der Waals surface area contributed by atoms with Crippen LogP contribution in [-0.4, -0.2) is 14.6 Å². The molecular weight excluding hydrogens is 269 g/mol. The molecule has 0 N–H and O–H groups in total. The van der Waals surface area contributed by atoms with Crippen LogP contribution in [0.15, 0.2) is 42.5 Å². The van der Waals surface area contributed by atoms with Gasteiger partial charge >= 0.3 is 0 Å². The Balaban J connectivity index is 2.05. The van der Waals surface area contributed by atoms with Crippen LogP contribution in [0.2, 0.25) is 10.2 Å². The van der Waals surface area contributed by atoms with Gasteiger partial charge in [-0.05, 0) is 29.8 Å². The third-order valence-corrected chi connectivity index (χ3v) is 3.23. The van der Waals surface area contributed by atoms with Crippen molar-refractivity contribution >= 4 is 28.8 Å². The third kappa shape index (κ3) is 2.07. The quantitative estimate of drug-likeness (QED) is 0.670. The van der Waals surface area contributed by atoms with Crippen LogP contribution in [0.25, 0.3) is 5.65 Å². The largest absolute Gasteiger partial charge is 0.269 e. The van der Waals surface area contributed by atoms with Crippen LogP contribution in [0.1, 0.15) is 11.4 Å². The van der Waals surface area contributed by atoms with E-state index in [1.165, 1.54) is 0 Å². The lowest BCUT2D eigenvalue weighted by Crippen LogP contribution is -1.97. The zero-order valence-electron chi connectivity index (χ0n) is 9.35. The lowest BCUT2D eigenvalue weighted by Gasteiger charge is -2.02. The Morgan fingerprint density at radius 1 is 1.00 bits per heavy atom. The summed E-state index contributed by atoms with van der Waals surface area (Å²) in [7, 11) is 0. The number of fused-ring (bicyclic) bond motifs is 1. The molecule has 3 aromatic rings. The van der Waals surface area contributed by atoms with Crippen LogP contribution >= 0.6 is 23.2 Å². The Morgan fingerprint density at radius 3 is 2.67 bits per heavy atom. The summed E-state index contributed by atoms with van der Waals surface area (Å²) >= 11 is 12.1. The van der Waals surface area contributed by atoms with Gasteiger partial charge in [-0.3, -0.25) is 4.40 Å². The van der Waals surface area contributed by atoms with Gasteiger partial charge in [-0.25, -0.2) is 0 Å². The molecule has 1 aromatic carbocycles. The van der Waals surface area contributed by atoms with Crippen molar-refractivity contribution in [2.45, 2.75) is 6.42 Å². The molecule has 0 amide bonds. The number of nitrogens with zero attached hydrogens (tertiary/aromatic N) is 3. The fourth-order valence-corrected chi connectivity index (χ4v) is 2.37. The molecule has 5 heteroatoms. The highest BCUT2D eigenvalue weighted by Crippen LogP contribution is 2.17. The number of benzene rings is 1. The molecule has 0 aliphatic heterocycles. The van der Waals surface area contributed by atoms with Crippen molar-refractivity contribution in [3.8, 4) is 0 Å². The number of halogens is 2. The van der Waals surface area contributed by atoms with Gasteiger partial charge < -0.3 is 0 Å². The average Bonchev–Trinajstić information content (AvgIpc) is 2.74. The fraction of sp³-hybridized carbons (Fsp3) is 0.0769. The first kappa shape index (κ1) is 11.5. The summed E-state index contributed by atoms with van der Waals surface area (Å²) in [5.41, 5.74) is 1.83. The molecule has 18 heavy (non-hydrogen) atoms. The van der Waals surface area contributed by atoms with Crippen molar-refractivity contribution in [2.75, 3.05) is 0 Å². The van der Waals surface area contributed by atoms with E-state index in [0.717, 1.165) is 17.0 Å². The zero-order chi connectivity index (χ0) is 12.5. The Kier molecular flexibility index (Phi) is 2.94. The van der Waals surface area contributed by atoms with Crippen molar-refractivity contribution in [1.82, 2.24) is 14.6 Å². The molecule has 0 atom stereocenters. The molecule has 0 fully saturated rings. The van der Waals surface area contributed by atoms with Crippen LogP contribution < -0.4 is 0 Å². The highest BCUT2D eigenvalue weighted by molar-refractivity contribution is 6.30. The number of rotatable bonds is 2. The monoisotopic (exact) mass is 277 g/mol. The second-order valence-electron chi connectivity index (χ2n) is 3.97. The smallest absolute Gasteiger partial charge is 0.161 e. The van der Waals surface area contributed by atoms with Crippen molar-refractivity contribution in [3.63, 3.8) is 0 Å². The maximum Gasteiger partial charge on any atom is 0.161 e. The lowest BCUT2D eigenvalue weighted by molar-refractivity contribution is 0.935. The Bertz CT molecular complexity index is 706. The molecule has 0 saturated heterocycles. The maximum atomic E-state index is 6.16. The molecule has 2 heterocycles. The van der Waals surface area contributed by atoms with E-state index < -0.39 is 0 Å². The van der Waals surface area contributed by atoms with Gasteiger partial charge in [0.1, 0.15) is 11.0 Å². The molecular formula is C13H9Cl2N3. The minimum Gasteiger partial charge on any atom is -0.269 e. The van der Waals surface area contributed by atoms with Gasteiger partial charge in [0.15, 0.2) is 5.65 Å². The van der Waals surface area contributed by atoms with E-state index in [9.17, 15) is 0 Å². The van der Waals surface area contributed by atoms with Gasteiger partial charge in [0.25, 0.3) is 0 Å². The summed E-state index contributed by atoms with van der Waals surface area (Å²) < 4.78 is 1.84. The van der Waals surface area contributed by atoms with Crippen LogP contribution in [0.3, 0.4) is 0 Å². The Labute approximate surface area is 114 Å². The van der Waals surface area contributed by atoms with Gasteiger partial charge in [0.05, 0.1) is 0 Å². The highest BCUT2D eigenvalue weighted by Gasteiger charge is 2.08. The molecule has 0 saturated carbocycles. The van der Waals surface area contributed by atoms with Crippen LogP contribution in [0.4, 0.5) is 0 Å². The summed E-state index contributed by atoms with van der Waals surface area (Å²) in [5.74, 6) is 0.804. The van der Waals surface area contributed by atoms with Crippen LogP contribution in [0.5, 0.6) is 0 Å². The molecule has 90 valence electrons.